The fraction of sp³-hybridized carbons (Fsp3) is 1.00. The van der Waals surface area contributed by atoms with Gasteiger partial charge in [0.1, 0.15) is 0 Å². The molecule has 1 rings (SSSR count). The molecule has 1 N–H and O–H groups in total. The lowest BCUT2D eigenvalue weighted by Gasteiger charge is -2.24. The van der Waals surface area contributed by atoms with Crippen LogP contribution in [0.15, 0.2) is 0 Å². The van der Waals surface area contributed by atoms with Gasteiger partial charge in [-0.2, -0.15) is 0 Å². The molecule has 78 valence electrons. The molecule has 0 amide bonds. The first-order valence-corrected chi connectivity index (χ1v) is 5.70. The van der Waals surface area contributed by atoms with Crippen LogP contribution in [-0.2, 0) is 0 Å². The third-order valence-corrected chi connectivity index (χ3v) is 3.05. The van der Waals surface area contributed by atoms with Gasteiger partial charge in [0.15, 0.2) is 0 Å². The van der Waals surface area contributed by atoms with Crippen LogP contribution in [0.3, 0.4) is 0 Å². The van der Waals surface area contributed by atoms with Gasteiger partial charge in [-0.25, -0.2) is 0 Å². The SMILES string of the molecule is CCC(CO)CN1CCCCCC1. The van der Waals surface area contributed by atoms with Crippen LogP contribution in [0.2, 0.25) is 0 Å². The van der Waals surface area contributed by atoms with E-state index in [1.807, 2.05) is 0 Å². The summed E-state index contributed by atoms with van der Waals surface area (Å²) in [5.74, 6) is 0.498. The minimum atomic E-state index is 0.354. The Hall–Kier alpha value is -0.0800. The second-order valence-corrected chi connectivity index (χ2v) is 4.17. The second-order valence-electron chi connectivity index (χ2n) is 4.17. The van der Waals surface area contributed by atoms with Crippen molar-refractivity contribution in [2.24, 2.45) is 5.92 Å². The first-order chi connectivity index (χ1) is 6.36. The summed E-state index contributed by atoms with van der Waals surface area (Å²) in [6.45, 7) is 6.12. The fourth-order valence-electron chi connectivity index (χ4n) is 2.00. The van der Waals surface area contributed by atoms with Crippen molar-refractivity contribution in [1.29, 1.82) is 0 Å². The molecule has 0 aromatic carbocycles. The molecule has 0 aromatic heterocycles. The van der Waals surface area contributed by atoms with E-state index < -0.39 is 0 Å². The normalized spacial score (nSPS) is 22.6. The zero-order chi connectivity index (χ0) is 9.52. The third-order valence-electron chi connectivity index (χ3n) is 3.05. The van der Waals surface area contributed by atoms with E-state index in [0.29, 0.717) is 12.5 Å². The maximum absolute atomic E-state index is 9.10. The number of hydrogen-bond donors (Lipinski definition) is 1. The highest BCUT2D eigenvalue weighted by Crippen LogP contribution is 2.12. The van der Waals surface area contributed by atoms with Crippen molar-refractivity contribution in [3.63, 3.8) is 0 Å². The molecular weight excluding hydrogens is 162 g/mol. The van der Waals surface area contributed by atoms with Gasteiger partial charge in [-0.3, -0.25) is 0 Å². The number of aliphatic hydroxyl groups excluding tert-OH is 1. The Kier molecular flexibility index (Phi) is 5.40. The average molecular weight is 185 g/mol. The summed E-state index contributed by atoms with van der Waals surface area (Å²) in [7, 11) is 0. The largest absolute Gasteiger partial charge is 0.396 e. The highest BCUT2D eigenvalue weighted by molar-refractivity contribution is 4.67. The Labute approximate surface area is 81.9 Å². The van der Waals surface area contributed by atoms with Crippen molar-refractivity contribution in [3.8, 4) is 0 Å². The number of likely N-dealkylation sites (tertiary alicyclic amines) is 1. The van der Waals surface area contributed by atoms with Crippen LogP contribution < -0.4 is 0 Å². The highest BCUT2D eigenvalue weighted by atomic mass is 16.3. The van der Waals surface area contributed by atoms with Crippen molar-refractivity contribution in [2.75, 3.05) is 26.2 Å². The van der Waals surface area contributed by atoms with E-state index >= 15 is 0 Å². The van der Waals surface area contributed by atoms with E-state index in [-0.39, 0.29) is 0 Å². The smallest absolute Gasteiger partial charge is 0.0471 e. The van der Waals surface area contributed by atoms with Gasteiger partial charge < -0.3 is 10.0 Å². The van der Waals surface area contributed by atoms with E-state index in [9.17, 15) is 0 Å². The molecule has 13 heavy (non-hydrogen) atoms. The molecule has 0 saturated carbocycles. The summed E-state index contributed by atoms with van der Waals surface area (Å²) in [5.41, 5.74) is 0. The van der Waals surface area contributed by atoms with Crippen molar-refractivity contribution >= 4 is 0 Å². The number of hydrogen-bond acceptors (Lipinski definition) is 2. The van der Waals surface area contributed by atoms with Gasteiger partial charge in [-0.15, -0.1) is 0 Å². The van der Waals surface area contributed by atoms with Crippen molar-refractivity contribution in [1.82, 2.24) is 4.90 Å². The van der Waals surface area contributed by atoms with Crippen LogP contribution in [0.5, 0.6) is 0 Å². The first kappa shape index (κ1) is 11.0. The van der Waals surface area contributed by atoms with Crippen LogP contribution >= 0.6 is 0 Å². The van der Waals surface area contributed by atoms with Crippen LogP contribution in [0.4, 0.5) is 0 Å². The lowest BCUT2D eigenvalue weighted by atomic mass is 10.1. The van der Waals surface area contributed by atoms with Crippen molar-refractivity contribution in [2.45, 2.75) is 39.0 Å². The molecule has 1 atom stereocenters. The standard InChI is InChI=1S/C11H23NO/c1-2-11(10-13)9-12-7-5-3-4-6-8-12/h11,13H,2-10H2,1H3. The van der Waals surface area contributed by atoms with Crippen LogP contribution in [0.1, 0.15) is 39.0 Å². The molecule has 0 aromatic rings. The maximum atomic E-state index is 9.10. The van der Waals surface area contributed by atoms with Crippen LogP contribution in [0, 0.1) is 5.92 Å². The summed E-state index contributed by atoms with van der Waals surface area (Å²) < 4.78 is 0. The van der Waals surface area contributed by atoms with E-state index in [1.165, 1.54) is 38.8 Å². The van der Waals surface area contributed by atoms with Crippen LogP contribution in [0.25, 0.3) is 0 Å². The second kappa shape index (κ2) is 6.39. The molecular formula is C11H23NO. The zero-order valence-electron chi connectivity index (χ0n) is 8.84. The van der Waals surface area contributed by atoms with Crippen molar-refractivity contribution in [3.05, 3.63) is 0 Å². The molecule has 1 fully saturated rings. The Bertz CT molecular complexity index is 115. The molecule has 0 spiro atoms. The summed E-state index contributed by atoms with van der Waals surface area (Å²) in [6.07, 6.45) is 6.59. The summed E-state index contributed by atoms with van der Waals surface area (Å²) in [6, 6.07) is 0. The molecule has 1 aliphatic rings. The molecule has 1 saturated heterocycles. The van der Waals surface area contributed by atoms with E-state index in [1.54, 1.807) is 0 Å². The summed E-state index contributed by atoms with van der Waals surface area (Å²) in [4.78, 5) is 2.53. The molecule has 1 aliphatic heterocycles. The van der Waals surface area contributed by atoms with Gasteiger partial charge >= 0.3 is 0 Å². The molecule has 0 bridgehead atoms. The molecule has 2 heteroatoms. The predicted molar refractivity (Wildman–Crippen MR) is 55.8 cm³/mol. The van der Waals surface area contributed by atoms with Gasteiger partial charge in [0.25, 0.3) is 0 Å². The summed E-state index contributed by atoms with van der Waals surface area (Å²) in [5, 5.41) is 9.10. The highest BCUT2D eigenvalue weighted by Gasteiger charge is 2.13. The number of nitrogens with zero attached hydrogens (tertiary/aromatic N) is 1. The third kappa shape index (κ3) is 4.10. The molecule has 0 radical (unpaired) electrons. The zero-order valence-corrected chi connectivity index (χ0v) is 8.84. The van der Waals surface area contributed by atoms with E-state index in [2.05, 4.69) is 11.8 Å². The number of rotatable bonds is 4. The Morgan fingerprint density at radius 2 is 1.77 bits per heavy atom. The lowest BCUT2D eigenvalue weighted by molar-refractivity contribution is 0.163. The maximum Gasteiger partial charge on any atom is 0.0471 e. The van der Waals surface area contributed by atoms with Crippen molar-refractivity contribution < 1.29 is 5.11 Å². The predicted octanol–water partition coefficient (Wildman–Crippen LogP) is 1.88. The van der Waals surface area contributed by atoms with Gasteiger partial charge in [0.05, 0.1) is 0 Å². The topological polar surface area (TPSA) is 23.5 Å². The lowest BCUT2D eigenvalue weighted by Crippen LogP contribution is -2.31. The minimum absolute atomic E-state index is 0.354. The minimum Gasteiger partial charge on any atom is -0.396 e. The average Bonchev–Trinajstić information content (AvgIpc) is 2.42. The van der Waals surface area contributed by atoms with Gasteiger partial charge in [0.2, 0.25) is 0 Å². The Morgan fingerprint density at radius 3 is 2.23 bits per heavy atom. The van der Waals surface area contributed by atoms with E-state index in [4.69, 9.17) is 5.11 Å². The quantitative estimate of drug-likeness (QED) is 0.723. The Morgan fingerprint density at radius 1 is 1.15 bits per heavy atom. The first-order valence-electron chi connectivity index (χ1n) is 5.70. The van der Waals surface area contributed by atoms with Gasteiger partial charge in [-0.1, -0.05) is 19.8 Å². The van der Waals surface area contributed by atoms with Gasteiger partial charge in [-0.05, 0) is 38.3 Å². The van der Waals surface area contributed by atoms with Gasteiger partial charge in [0, 0.05) is 13.2 Å². The monoisotopic (exact) mass is 185 g/mol. The fourth-order valence-corrected chi connectivity index (χ4v) is 2.00. The Balaban J connectivity index is 2.24. The molecule has 0 aliphatic carbocycles. The number of aliphatic hydroxyl groups is 1. The van der Waals surface area contributed by atoms with E-state index in [0.717, 1.165) is 13.0 Å². The molecule has 1 unspecified atom stereocenters. The molecule has 1 heterocycles. The summed E-state index contributed by atoms with van der Waals surface area (Å²) >= 11 is 0. The van der Waals surface area contributed by atoms with Crippen LogP contribution in [-0.4, -0.2) is 36.2 Å². The molecule has 2 nitrogen and oxygen atoms in total.